The van der Waals surface area contributed by atoms with Crippen LogP contribution in [-0.4, -0.2) is 11.3 Å². The van der Waals surface area contributed by atoms with Gasteiger partial charge in [0.1, 0.15) is 5.82 Å². The van der Waals surface area contributed by atoms with Gasteiger partial charge in [0.15, 0.2) is 6.29 Å². The summed E-state index contributed by atoms with van der Waals surface area (Å²) < 4.78 is 37.8. The number of nitrogen functional groups attached to an aromatic ring is 1. The molecule has 0 spiro atoms. The maximum Gasteiger partial charge on any atom is 0.416 e. The number of carbonyl (C=O) groups is 1. The Morgan fingerprint density at radius 1 is 1.16 bits per heavy atom. The Kier molecular flexibility index (Phi) is 3.25. The van der Waals surface area contributed by atoms with Crippen LogP contribution in [0.25, 0.3) is 11.1 Å². The average Bonchev–Trinajstić information content (AvgIpc) is 2.38. The number of aldehydes is 1. The third-order valence-corrected chi connectivity index (χ3v) is 2.60. The van der Waals surface area contributed by atoms with Gasteiger partial charge in [-0.25, -0.2) is 4.98 Å². The predicted octanol–water partition coefficient (Wildman–Crippen LogP) is 3.16. The molecule has 0 fully saturated rings. The van der Waals surface area contributed by atoms with Gasteiger partial charge >= 0.3 is 6.18 Å². The summed E-state index contributed by atoms with van der Waals surface area (Å²) in [5, 5.41) is 0. The zero-order valence-electron chi connectivity index (χ0n) is 9.61. The number of hydrogen-bond donors (Lipinski definition) is 1. The van der Waals surface area contributed by atoms with Crippen molar-refractivity contribution >= 4 is 12.1 Å². The lowest BCUT2D eigenvalue weighted by Gasteiger charge is -2.09. The Morgan fingerprint density at radius 3 is 2.53 bits per heavy atom. The molecule has 0 saturated carbocycles. The first-order valence-corrected chi connectivity index (χ1v) is 5.30. The first-order chi connectivity index (χ1) is 8.91. The quantitative estimate of drug-likeness (QED) is 0.849. The smallest absolute Gasteiger partial charge is 0.383 e. The van der Waals surface area contributed by atoms with Crippen LogP contribution in [0.5, 0.6) is 0 Å². The first-order valence-electron chi connectivity index (χ1n) is 5.30. The molecule has 1 aromatic heterocycles. The summed E-state index contributed by atoms with van der Waals surface area (Å²) in [5.74, 6) is 0.0470. The second kappa shape index (κ2) is 4.72. The molecule has 6 heteroatoms. The molecule has 0 aliphatic heterocycles. The monoisotopic (exact) mass is 266 g/mol. The van der Waals surface area contributed by atoms with Crippen LogP contribution in [0.1, 0.15) is 15.9 Å². The van der Waals surface area contributed by atoms with Crippen LogP contribution in [0.3, 0.4) is 0 Å². The lowest BCUT2D eigenvalue weighted by atomic mass is 10.0. The van der Waals surface area contributed by atoms with Crippen molar-refractivity contribution in [3.8, 4) is 11.1 Å². The van der Waals surface area contributed by atoms with Crippen molar-refractivity contribution in [3.63, 3.8) is 0 Å². The minimum atomic E-state index is -4.41. The number of benzene rings is 1. The van der Waals surface area contributed by atoms with E-state index in [-0.39, 0.29) is 11.4 Å². The van der Waals surface area contributed by atoms with Crippen LogP contribution in [0, 0.1) is 0 Å². The van der Waals surface area contributed by atoms with Gasteiger partial charge in [0.05, 0.1) is 11.1 Å². The molecule has 0 saturated heterocycles. The molecule has 0 unspecified atom stereocenters. The molecule has 0 bridgehead atoms. The summed E-state index contributed by atoms with van der Waals surface area (Å²) in [6.45, 7) is 0. The number of hydrogen-bond acceptors (Lipinski definition) is 3. The second-order valence-electron chi connectivity index (χ2n) is 3.89. The number of halogens is 3. The predicted molar refractivity (Wildman–Crippen MR) is 64.5 cm³/mol. The van der Waals surface area contributed by atoms with Crippen molar-refractivity contribution in [1.82, 2.24) is 4.98 Å². The van der Waals surface area contributed by atoms with Crippen LogP contribution in [-0.2, 0) is 6.18 Å². The molecule has 0 radical (unpaired) electrons. The Hall–Kier alpha value is -2.37. The third kappa shape index (κ3) is 2.73. The lowest BCUT2D eigenvalue weighted by Crippen LogP contribution is -2.04. The van der Waals surface area contributed by atoms with Crippen molar-refractivity contribution in [3.05, 3.63) is 47.7 Å². The number of aromatic nitrogens is 1. The summed E-state index contributed by atoms with van der Waals surface area (Å²) in [4.78, 5) is 14.5. The maximum atomic E-state index is 12.6. The molecular weight excluding hydrogens is 257 g/mol. The molecule has 19 heavy (non-hydrogen) atoms. The highest BCUT2D eigenvalue weighted by molar-refractivity contribution is 5.84. The van der Waals surface area contributed by atoms with Crippen molar-refractivity contribution < 1.29 is 18.0 Å². The van der Waals surface area contributed by atoms with E-state index in [4.69, 9.17) is 5.73 Å². The number of rotatable bonds is 2. The second-order valence-corrected chi connectivity index (χ2v) is 3.89. The Bertz CT molecular complexity index is 624. The van der Waals surface area contributed by atoms with Crippen molar-refractivity contribution in [2.45, 2.75) is 6.18 Å². The van der Waals surface area contributed by atoms with Crippen LogP contribution in [0.2, 0.25) is 0 Å². The van der Waals surface area contributed by atoms with Gasteiger partial charge in [0.25, 0.3) is 0 Å². The molecule has 0 atom stereocenters. The highest BCUT2D eigenvalue weighted by Gasteiger charge is 2.30. The largest absolute Gasteiger partial charge is 0.416 e. The number of pyridine rings is 1. The first kappa shape index (κ1) is 13.1. The number of nitrogens with two attached hydrogens (primary N) is 1. The standard InChI is InChI=1S/C13H9F3N2O/c14-13(15,16)11-3-1-2-8(5-11)9-4-10(7-19)12(17)18-6-9/h1-7H,(H2,17,18). The van der Waals surface area contributed by atoms with Gasteiger partial charge in [-0.3, -0.25) is 4.79 Å². The van der Waals surface area contributed by atoms with E-state index >= 15 is 0 Å². The van der Waals surface area contributed by atoms with E-state index in [2.05, 4.69) is 4.98 Å². The highest BCUT2D eigenvalue weighted by atomic mass is 19.4. The molecule has 1 aromatic carbocycles. The van der Waals surface area contributed by atoms with E-state index in [9.17, 15) is 18.0 Å². The number of anilines is 1. The normalized spacial score (nSPS) is 11.3. The molecular formula is C13H9F3N2O. The summed E-state index contributed by atoms with van der Waals surface area (Å²) in [6.07, 6.45) is -2.57. The van der Waals surface area contributed by atoms with Crippen LogP contribution in [0.4, 0.5) is 19.0 Å². The Morgan fingerprint density at radius 2 is 1.89 bits per heavy atom. The summed E-state index contributed by atoms with van der Waals surface area (Å²) in [5.41, 5.74) is 5.58. The number of carbonyl (C=O) groups excluding carboxylic acids is 1. The van der Waals surface area contributed by atoms with E-state index in [0.717, 1.165) is 12.1 Å². The van der Waals surface area contributed by atoms with Crippen LogP contribution in [0.15, 0.2) is 36.5 Å². The zero-order valence-corrected chi connectivity index (χ0v) is 9.61. The molecule has 3 nitrogen and oxygen atoms in total. The third-order valence-electron chi connectivity index (χ3n) is 2.60. The lowest BCUT2D eigenvalue weighted by molar-refractivity contribution is -0.137. The van der Waals surface area contributed by atoms with Crippen LogP contribution >= 0.6 is 0 Å². The van der Waals surface area contributed by atoms with Gasteiger partial charge in [-0.1, -0.05) is 12.1 Å². The molecule has 0 amide bonds. The molecule has 2 rings (SSSR count). The van der Waals surface area contributed by atoms with Gasteiger partial charge in [0.2, 0.25) is 0 Å². The van der Waals surface area contributed by atoms with Gasteiger partial charge in [-0.05, 0) is 23.8 Å². The van der Waals surface area contributed by atoms with Crippen molar-refractivity contribution in [1.29, 1.82) is 0 Å². The average molecular weight is 266 g/mol. The van der Waals surface area contributed by atoms with Gasteiger partial charge in [-0.2, -0.15) is 13.2 Å². The fourth-order valence-corrected chi connectivity index (χ4v) is 1.62. The van der Waals surface area contributed by atoms with E-state index in [1.165, 1.54) is 24.4 Å². The summed E-state index contributed by atoms with van der Waals surface area (Å²) >= 11 is 0. The van der Waals surface area contributed by atoms with Crippen molar-refractivity contribution in [2.75, 3.05) is 5.73 Å². The summed E-state index contributed by atoms with van der Waals surface area (Å²) in [7, 11) is 0. The van der Waals surface area contributed by atoms with Crippen LogP contribution < -0.4 is 5.73 Å². The minimum Gasteiger partial charge on any atom is -0.383 e. The Balaban J connectivity index is 2.50. The SMILES string of the molecule is Nc1ncc(-c2cccc(C(F)(F)F)c2)cc1C=O. The molecule has 98 valence electrons. The van der Waals surface area contributed by atoms with E-state index in [1.54, 1.807) is 0 Å². The fourth-order valence-electron chi connectivity index (χ4n) is 1.62. The topological polar surface area (TPSA) is 56.0 Å². The number of nitrogens with zero attached hydrogens (tertiary/aromatic N) is 1. The zero-order chi connectivity index (χ0) is 14.0. The molecule has 2 aromatic rings. The van der Waals surface area contributed by atoms with E-state index < -0.39 is 11.7 Å². The molecule has 0 aliphatic carbocycles. The number of alkyl halides is 3. The minimum absolute atomic E-state index is 0.0470. The Labute approximate surface area is 106 Å². The van der Waals surface area contributed by atoms with E-state index in [0.29, 0.717) is 17.4 Å². The summed E-state index contributed by atoms with van der Waals surface area (Å²) in [6, 6.07) is 6.20. The maximum absolute atomic E-state index is 12.6. The van der Waals surface area contributed by atoms with Gasteiger partial charge in [-0.15, -0.1) is 0 Å². The molecule has 1 heterocycles. The van der Waals surface area contributed by atoms with Gasteiger partial charge in [0, 0.05) is 11.8 Å². The highest BCUT2D eigenvalue weighted by Crippen LogP contribution is 2.32. The molecule has 0 aliphatic rings. The van der Waals surface area contributed by atoms with E-state index in [1.807, 2.05) is 0 Å². The van der Waals surface area contributed by atoms with Crippen molar-refractivity contribution in [2.24, 2.45) is 0 Å². The molecule has 2 N–H and O–H groups in total. The van der Waals surface area contributed by atoms with Gasteiger partial charge < -0.3 is 5.73 Å². The fraction of sp³-hybridized carbons (Fsp3) is 0.0769.